The highest BCUT2D eigenvalue weighted by Gasteiger charge is 2.35. The summed E-state index contributed by atoms with van der Waals surface area (Å²) in [6, 6.07) is 5.42. The Hall–Kier alpha value is -2.45. The van der Waals surface area contributed by atoms with Crippen LogP contribution in [0.15, 0.2) is 24.3 Å². The zero-order valence-electron chi connectivity index (χ0n) is 18.3. The van der Waals surface area contributed by atoms with Gasteiger partial charge in [-0.05, 0) is 44.1 Å². The lowest BCUT2D eigenvalue weighted by molar-refractivity contribution is -0.143. The highest BCUT2D eigenvalue weighted by atomic mass is 16.5. The Morgan fingerprint density at radius 1 is 0.967 bits per heavy atom. The Morgan fingerprint density at radius 3 is 2.00 bits per heavy atom. The monoisotopic (exact) mass is 422 g/mol. The molecule has 1 rings (SSSR count). The minimum absolute atomic E-state index is 0.00709. The first-order valence-corrected chi connectivity index (χ1v) is 10.1. The lowest BCUT2D eigenvalue weighted by Crippen LogP contribution is -2.57. The third kappa shape index (κ3) is 8.12. The molecule has 0 heterocycles. The fourth-order valence-corrected chi connectivity index (χ4v) is 2.97. The van der Waals surface area contributed by atoms with E-state index in [1.807, 2.05) is 31.2 Å². The van der Waals surface area contributed by atoms with Crippen LogP contribution in [0.4, 0.5) is 0 Å². The number of benzene rings is 1. The van der Waals surface area contributed by atoms with Gasteiger partial charge >= 0.3 is 5.97 Å². The van der Waals surface area contributed by atoms with Gasteiger partial charge < -0.3 is 26.0 Å². The van der Waals surface area contributed by atoms with Crippen LogP contribution in [0.5, 0.6) is 0 Å². The standard InChI is InChI=1S/C22H34N2O6/c1-13-9-11-15(12-10-13)14(2)19(27)24-18(22(3,4)5)20(28)23-16(21(29)30)7-6-8-17(25)26/h9-12,14,16-18,25-26H,6-8H2,1-5H3,(H,23,28)(H,24,27)(H,29,30)/t14-,16+,18?/m0/s1. The molecule has 2 amide bonds. The Labute approximate surface area is 177 Å². The molecule has 0 bridgehead atoms. The number of carboxylic acid groups (broad SMARTS) is 1. The number of carbonyl (C=O) groups is 3. The maximum atomic E-state index is 12.9. The minimum atomic E-state index is -1.53. The van der Waals surface area contributed by atoms with Crippen molar-refractivity contribution in [2.75, 3.05) is 0 Å². The molecule has 0 radical (unpaired) electrons. The van der Waals surface area contributed by atoms with E-state index in [9.17, 15) is 19.5 Å². The Kier molecular flexibility index (Phi) is 9.45. The van der Waals surface area contributed by atoms with Crippen LogP contribution < -0.4 is 10.6 Å². The number of aliphatic hydroxyl groups is 2. The second-order valence-electron chi connectivity index (χ2n) is 8.75. The number of hydrogen-bond acceptors (Lipinski definition) is 5. The molecule has 8 heteroatoms. The van der Waals surface area contributed by atoms with Gasteiger partial charge in [0.05, 0.1) is 5.92 Å². The second-order valence-corrected chi connectivity index (χ2v) is 8.75. The molecule has 0 aliphatic carbocycles. The van der Waals surface area contributed by atoms with Gasteiger partial charge in [-0.3, -0.25) is 9.59 Å². The quantitative estimate of drug-likeness (QED) is 0.364. The summed E-state index contributed by atoms with van der Waals surface area (Å²) < 4.78 is 0. The molecule has 168 valence electrons. The van der Waals surface area contributed by atoms with Crippen LogP contribution in [-0.4, -0.2) is 51.5 Å². The SMILES string of the molecule is Cc1ccc([C@H](C)C(=O)NC(C(=O)N[C@H](CCCC(O)O)C(=O)O)C(C)(C)C)cc1. The summed E-state index contributed by atoms with van der Waals surface area (Å²) in [5, 5.41) is 32.5. The van der Waals surface area contributed by atoms with Crippen molar-refractivity contribution in [1.82, 2.24) is 10.6 Å². The fourth-order valence-electron chi connectivity index (χ4n) is 2.97. The molecule has 1 aromatic rings. The topological polar surface area (TPSA) is 136 Å². The molecule has 3 atom stereocenters. The number of aliphatic carboxylic acids is 1. The number of rotatable bonds is 10. The van der Waals surface area contributed by atoms with Gasteiger partial charge in [0.1, 0.15) is 12.1 Å². The van der Waals surface area contributed by atoms with Crippen molar-refractivity contribution in [3.8, 4) is 0 Å². The highest BCUT2D eigenvalue weighted by Crippen LogP contribution is 2.22. The molecule has 0 aromatic heterocycles. The average molecular weight is 423 g/mol. The van der Waals surface area contributed by atoms with Gasteiger partial charge in [0.2, 0.25) is 11.8 Å². The molecule has 8 nitrogen and oxygen atoms in total. The van der Waals surface area contributed by atoms with E-state index in [0.717, 1.165) is 11.1 Å². The van der Waals surface area contributed by atoms with Crippen molar-refractivity contribution in [3.63, 3.8) is 0 Å². The fraction of sp³-hybridized carbons (Fsp3) is 0.591. The van der Waals surface area contributed by atoms with Gasteiger partial charge in [0.15, 0.2) is 6.29 Å². The van der Waals surface area contributed by atoms with Gasteiger partial charge in [-0.15, -0.1) is 0 Å². The molecule has 0 spiro atoms. The highest BCUT2D eigenvalue weighted by molar-refractivity contribution is 5.92. The van der Waals surface area contributed by atoms with E-state index in [4.69, 9.17) is 10.2 Å². The summed E-state index contributed by atoms with van der Waals surface area (Å²) >= 11 is 0. The zero-order valence-corrected chi connectivity index (χ0v) is 18.3. The number of carboxylic acids is 1. The predicted molar refractivity (Wildman–Crippen MR) is 113 cm³/mol. The smallest absolute Gasteiger partial charge is 0.326 e. The van der Waals surface area contributed by atoms with E-state index < -0.39 is 41.6 Å². The van der Waals surface area contributed by atoms with Gasteiger partial charge in [-0.1, -0.05) is 50.6 Å². The van der Waals surface area contributed by atoms with Gasteiger partial charge in [-0.2, -0.15) is 0 Å². The molecule has 0 fully saturated rings. The van der Waals surface area contributed by atoms with Crippen LogP contribution in [0.2, 0.25) is 0 Å². The minimum Gasteiger partial charge on any atom is -0.480 e. The molecule has 0 aliphatic rings. The van der Waals surface area contributed by atoms with E-state index in [0.29, 0.717) is 0 Å². The molecule has 0 saturated carbocycles. The first-order valence-electron chi connectivity index (χ1n) is 10.1. The third-order valence-corrected chi connectivity index (χ3v) is 4.96. The van der Waals surface area contributed by atoms with Crippen LogP contribution >= 0.6 is 0 Å². The van der Waals surface area contributed by atoms with Crippen molar-refractivity contribution >= 4 is 17.8 Å². The summed E-state index contributed by atoms with van der Waals surface area (Å²) in [7, 11) is 0. The third-order valence-electron chi connectivity index (χ3n) is 4.96. The Balaban J connectivity index is 2.89. The first-order chi connectivity index (χ1) is 13.8. The molecule has 5 N–H and O–H groups in total. The maximum absolute atomic E-state index is 12.9. The Bertz CT molecular complexity index is 724. The maximum Gasteiger partial charge on any atom is 0.326 e. The Morgan fingerprint density at radius 2 is 1.53 bits per heavy atom. The van der Waals surface area contributed by atoms with Crippen molar-refractivity contribution in [2.45, 2.75) is 78.2 Å². The molecule has 1 unspecified atom stereocenters. The number of aryl methyl sites for hydroxylation is 1. The normalized spacial score (nSPS) is 14.7. The molecule has 30 heavy (non-hydrogen) atoms. The van der Waals surface area contributed by atoms with E-state index in [1.54, 1.807) is 27.7 Å². The molecule has 0 aliphatic heterocycles. The van der Waals surface area contributed by atoms with Crippen molar-refractivity contribution < 1.29 is 29.7 Å². The summed E-state index contributed by atoms with van der Waals surface area (Å²) in [5.41, 5.74) is 1.24. The molecule has 1 aromatic carbocycles. The summed E-state index contributed by atoms with van der Waals surface area (Å²) in [4.78, 5) is 37.1. The van der Waals surface area contributed by atoms with Crippen LogP contribution in [0.3, 0.4) is 0 Å². The summed E-state index contributed by atoms with van der Waals surface area (Å²) in [6.07, 6.45) is -1.26. The van der Waals surface area contributed by atoms with E-state index >= 15 is 0 Å². The number of carbonyl (C=O) groups excluding carboxylic acids is 2. The van der Waals surface area contributed by atoms with Crippen molar-refractivity contribution in [3.05, 3.63) is 35.4 Å². The first kappa shape index (κ1) is 25.6. The average Bonchev–Trinajstić information content (AvgIpc) is 2.63. The van der Waals surface area contributed by atoms with Crippen LogP contribution in [0.1, 0.15) is 64.0 Å². The van der Waals surface area contributed by atoms with E-state index in [2.05, 4.69) is 10.6 Å². The van der Waals surface area contributed by atoms with E-state index in [-0.39, 0.29) is 25.2 Å². The predicted octanol–water partition coefficient (Wildman–Crippen LogP) is 1.68. The van der Waals surface area contributed by atoms with Crippen LogP contribution in [0, 0.1) is 12.3 Å². The van der Waals surface area contributed by atoms with Crippen LogP contribution in [-0.2, 0) is 14.4 Å². The number of nitrogens with one attached hydrogen (secondary N) is 2. The van der Waals surface area contributed by atoms with Crippen LogP contribution in [0.25, 0.3) is 0 Å². The zero-order chi connectivity index (χ0) is 23.1. The molecule has 0 saturated heterocycles. The largest absolute Gasteiger partial charge is 0.480 e. The summed E-state index contributed by atoms with van der Waals surface area (Å²) in [6.45, 7) is 9.05. The number of hydrogen-bond donors (Lipinski definition) is 5. The number of amides is 2. The molecular formula is C22H34N2O6. The van der Waals surface area contributed by atoms with Gasteiger partial charge in [0, 0.05) is 0 Å². The number of aliphatic hydroxyl groups excluding tert-OH is 1. The van der Waals surface area contributed by atoms with Crippen molar-refractivity contribution in [2.24, 2.45) is 5.41 Å². The van der Waals surface area contributed by atoms with Gasteiger partial charge in [0.25, 0.3) is 0 Å². The summed E-state index contributed by atoms with van der Waals surface area (Å²) in [5.74, 6) is -2.62. The lowest BCUT2D eigenvalue weighted by Gasteiger charge is -2.32. The second kappa shape index (κ2) is 11.1. The van der Waals surface area contributed by atoms with Gasteiger partial charge in [-0.25, -0.2) is 4.79 Å². The molecular weight excluding hydrogens is 388 g/mol. The van der Waals surface area contributed by atoms with Crippen molar-refractivity contribution in [1.29, 1.82) is 0 Å². The van der Waals surface area contributed by atoms with E-state index in [1.165, 1.54) is 0 Å². The lowest BCUT2D eigenvalue weighted by atomic mass is 9.85.